The second-order valence-electron chi connectivity index (χ2n) is 5.82. The molecule has 1 aliphatic heterocycles. The topological polar surface area (TPSA) is 9.23 Å². The van der Waals surface area contributed by atoms with Crippen LogP contribution in [-0.4, -0.2) is 12.2 Å². The van der Waals surface area contributed by atoms with Crippen LogP contribution in [0.25, 0.3) is 0 Å². The Morgan fingerprint density at radius 2 is 2.00 bits per heavy atom. The van der Waals surface area contributed by atoms with Crippen LogP contribution in [0.3, 0.4) is 0 Å². The SMILES string of the molecule is C[C@@H]1CCCC[C@]12CC[C@H]1C[C@@H]1CO2. The van der Waals surface area contributed by atoms with Gasteiger partial charge in [0, 0.05) is 0 Å². The van der Waals surface area contributed by atoms with Crippen LogP contribution < -0.4 is 0 Å². The standard InChI is InChI=1S/C13H22O/c1-10-4-2-3-6-13(10)7-5-11-8-12(11)9-14-13/h10-12H,2-9H2,1H3/t10-,11+,12-,13+/m1/s1. The van der Waals surface area contributed by atoms with Gasteiger partial charge in [-0.25, -0.2) is 0 Å². The summed E-state index contributed by atoms with van der Waals surface area (Å²) < 4.78 is 6.30. The van der Waals surface area contributed by atoms with Gasteiger partial charge in [-0.3, -0.25) is 0 Å². The maximum absolute atomic E-state index is 6.30. The average Bonchev–Trinajstić information content (AvgIpc) is 2.93. The summed E-state index contributed by atoms with van der Waals surface area (Å²) in [5.74, 6) is 2.81. The third-order valence-electron chi connectivity index (χ3n) is 4.98. The van der Waals surface area contributed by atoms with E-state index in [1.54, 1.807) is 0 Å². The fourth-order valence-corrected chi connectivity index (χ4v) is 3.61. The Morgan fingerprint density at radius 3 is 2.86 bits per heavy atom. The first kappa shape index (κ1) is 9.21. The van der Waals surface area contributed by atoms with E-state index in [1.807, 2.05) is 0 Å². The number of fused-ring (bicyclic) bond motifs is 1. The van der Waals surface area contributed by atoms with Crippen molar-refractivity contribution in [2.75, 3.05) is 6.61 Å². The number of hydrogen-bond donors (Lipinski definition) is 0. The summed E-state index contributed by atoms with van der Waals surface area (Å²) >= 11 is 0. The first-order valence-corrected chi connectivity index (χ1v) is 6.44. The summed E-state index contributed by atoms with van der Waals surface area (Å²) in [6.45, 7) is 3.49. The van der Waals surface area contributed by atoms with Gasteiger partial charge in [-0.05, 0) is 49.9 Å². The van der Waals surface area contributed by atoms with Crippen molar-refractivity contribution in [3.63, 3.8) is 0 Å². The van der Waals surface area contributed by atoms with E-state index in [0.29, 0.717) is 5.60 Å². The molecule has 1 nitrogen and oxygen atoms in total. The van der Waals surface area contributed by atoms with Gasteiger partial charge >= 0.3 is 0 Å². The molecule has 14 heavy (non-hydrogen) atoms. The number of hydrogen-bond acceptors (Lipinski definition) is 1. The zero-order chi connectivity index (χ0) is 9.60. The van der Waals surface area contributed by atoms with Gasteiger partial charge in [0.2, 0.25) is 0 Å². The van der Waals surface area contributed by atoms with Gasteiger partial charge in [-0.1, -0.05) is 19.8 Å². The Kier molecular flexibility index (Phi) is 2.12. The van der Waals surface area contributed by atoms with Crippen molar-refractivity contribution >= 4 is 0 Å². The maximum atomic E-state index is 6.30. The van der Waals surface area contributed by atoms with Crippen LogP contribution in [0.1, 0.15) is 51.9 Å². The summed E-state index contributed by atoms with van der Waals surface area (Å²) in [6.07, 6.45) is 9.84. The Balaban J connectivity index is 1.73. The molecule has 3 fully saturated rings. The van der Waals surface area contributed by atoms with Crippen molar-refractivity contribution in [2.24, 2.45) is 17.8 Å². The molecule has 1 heterocycles. The fourth-order valence-electron chi connectivity index (χ4n) is 3.61. The highest BCUT2D eigenvalue weighted by Gasteiger charge is 2.47. The van der Waals surface area contributed by atoms with Crippen molar-refractivity contribution in [3.05, 3.63) is 0 Å². The highest BCUT2D eigenvalue weighted by Crippen LogP contribution is 2.51. The normalized spacial score (nSPS) is 52.5. The number of ether oxygens (including phenoxy) is 1. The molecule has 0 radical (unpaired) electrons. The van der Waals surface area contributed by atoms with Gasteiger partial charge in [0.05, 0.1) is 12.2 Å². The smallest absolute Gasteiger partial charge is 0.0708 e. The van der Waals surface area contributed by atoms with Gasteiger partial charge in [0.25, 0.3) is 0 Å². The summed E-state index contributed by atoms with van der Waals surface area (Å²) in [7, 11) is 0. The largest absolute Gasteiger partial charge is 0.374 e. The molecule has 0 aromatic heterocycles. The molecule has 1 saturated heterocycles. The lowest BCUT2D eigenvalue weighted by Crippen LogP contribution is -2.42. The molecule has 1 spiro atoms. The lowest BCUT2D eigenvalue weighted by Gasteiger charge is -2.42. The predicted molar refractivity (Wildman–Crippen MR) is 57.1 cm³/mol. The second-order valence-corrected chi connectivity index (χ2v) is 5.82. The minimum absolute atomic E-state index is 0.311. The van der Waals surface area contributed by atoms with Gasteiger partial charge in [-0.2, -0.15) is 0 Å². The summed E-state index contributed by atoms with van der Waals surface area (Å²) in [5, 5.41) is 0. The molecule has 0 aromatic carbocycles. The molecule has 0 unspecified atom stereocenters. The molecule has 3 rings (SSSR count). The van der Waals surface area contributed by atoms with Crippen molar-refractivity contribution in [1.29, 1.82) is 0 Å². The first-order valence-electron chi connectivity index (χ1n) is 6.44. The predicted octanol–water partition coefficient (Wildman–Crippen LogP) is 3.38. The van der Waals surface area contributed by atoms with E-state index in [1.165, 1.54) is 44.9 Å². The molecule has 0 amide bonds. The van der Waals surface area contributed by atoms with Crippen LogP contribution in [0, 0.1) is 17.8 Å². The Hall–Kier alpha value is -0.0400. The molecule has 0 bridgehead atoms. The van der Waals surface area contributed by atoms with Crippen LogP contribution in [0.2, 0.25) is 0 Å². The monoisotopic (exact) mass is 194 g/mol. The lowest BCUT2D eigenvalue weighted by atomic mass is 9.73. The Labute approximate surface area is 87.2 Å². The van der Waals surface area contributed by atoms with Gasteiger partial charge in [-0.15, -0.1) is 0 Å². The van der Waals surface area contributed by atoms with Crippen LogP contribution in [0.5, 0.6) is 0 Å². The van der Waals surface area contributed by atoms with E-state index in [0.717, 1.165) is 24.4 Å². The highest BCUT2D eigenvalue weighted by atomic mass is 16.5. The van der Waals surface area contributed by atoms with Crippen molar-refractivity contribution in [3.8, 4) is 0 Å². The Morgan fingerprint density at radius 1 is 1.07 bits per heavy atom. The van der Waals surface area contributed by atoms with Gasteiger partial charge in [0.15, 0.2) is 0 Å². The molecule has 3 aliphatic rings. The molecular weight excluding hydrogens is 172 g/mol. The molecule has 0 N–H and O–H groups in total. The summed E-state index contributed by atoms with van der Waals surface area (Å²) in [6, 6.07) is 0. The fraction of sp³-hybridized carbons (Fsp3) is 1.00. The number of rotatable bonds is 0. The quantitative estimate of drug-likeness (QED) is 0.574. The van der Waals surface area contributed by atoms with E-state index >= 15 is 0 Å². The van der Waals surface area contributed by atoms with E-state index in [4.69, 9.17) is 4.74 Å². The minimum Gasteiger partial charge on any atom is -0.374 e. The van der Waals surface area contributed by atoms with Gasteiger partial charge in [0.1, 0.15) is 0 Å². The van der Waals surface area contributed by atoms with Crippen LogP contribution in [-0.2, 0) is 4.74 Å². The van der Waals surface area contributed by atoms with E-state index < -0.39 is 0 Å². The van der Waals surface area contributed by atoms with Crippen LogP contribution in [0.15, 0.2) is 0 Å². The van der Waals surface area contributed by atoms with Crippen molar-refractivity contribution < 1.29 is 4.74 Å². The molecule has 2 aliphatic carbocycles. The maximum Gasteiger partial charge on any atom is 0.0708 e. The average molecular weight is 194 g/mol. The first-order chi connectivity index (χ1) is 6.80. The minimum atomic E-state index is 0.311. The highest BCUT2D eigenvalue weighted by molar-refractivity contribution is 4.97. The molecule has 1 heteroatoms. The third-order valence-corrected chi connectivity index (χ3v) is 4.98. The van der Waals surface area contributed by atoms with Gasteiger partial charge < -0.3 is 4.74 Å². The Bertz CT molecular complexity index is 211. The molecule has 4 atom stereocenters. The summed E-state index contributed by atoms with van der Waals surface area (Å²) in [4.78, 5) is 0. The molecule has 2 saturated carbocycles. The third kappa shape index (κ3) is 1.41. The molecular formula is C13H22O. The molecule has 0 aromatic rings. The lowest BCUT2D eigenvalue weighted by molar-refractivity contribution is -0.107. The van der Waals surface area contributed by atoms with E-state index in [9.17, 15) is 0 Å². The zero-order valence-electron chi connectivity index (χ0n) is 9.30. The summed E-state index contributed by atoms with van der Waals surface area (Å²) in [5.41, 5.74) is 0.311. The van der Waals surface area contributed by atoms with E-state index in [2.05, 4.69) is 6.92 Å². The molecule has 80 valence electrons. The van der Waals surface area contributed by atoms with Crippen LogP contribution >= 0.6 is 0 Å². The van der Waals surface area contributed by atoms with Crippen molar-refractivity contribution in [2.45, 2.75) is 57.5 Å². The van der Waals surface area contributed by atoms with E-state index in [-0.39, 0.29) is 0 Å². The zero-order valence-corrected chi connectivity index (χ0v) is 9.30. The van der Waals surface area contributed by atoms with Crippen molar-refractivity contribution in [1.82, 2.24) is 0 Å². The van der Waals surface area contributed by atoms with Crippen LogP contribution in [0.4, 0.5) is 0 Å². The second kappa shape index (κ2) is 3.23.